The van der Waals surface area contributed by atoms with E-state index in [2.05, 4.69) is 26.6 Å². The molecule has 0 radical (unpaired) electrons. The summed E-state index contributed by atoms with van der Waals surface area (Å²) in [5.74, 6) is 1.73. The minimum absolute atomic E-state index is 0. The topological polar surface area (TPSA) is 110 Å². The largest absolute Gasteiger partial charge is 0.495 e. The van der Waals surface area contributed by atoms with Crippen LogP contribution >= 0.6 is 0 Å². The van der Waals surface area contributed by atoms with Gasteiger partial charge in [-0.05, 0) is 37.8 Å². The molecule has 154 valence electrons. The Bertz CT molecular complexity index is 891. The van der Waals surface area contributed by atoms with E-state index in [0.717, 1.165) is 25.7 Å². The highest BCUT2D eigenvalue weighted by atomic mass is 16.5. The van der Waals surface area contributed by atoms with Crippen LogP contribution in [0.2, 0.25) is 0 Å². The van der Waals surface area contributed by atoms with Gasteiger partial charge in [-0.25, -0.2) is 4.98 Å². The number of nitrogens with one attached hydrogen (secondary N) is 1. The fourth-order valence-electron chi connectivity index (χ4n) is 3.27. The number of nitrogens with zero attached hydrogens (tertiary/aromatic N) is 4. The highest BCUT2D eigenvalue weighted by Gasteiger charge is 2.25. The Balaban J connectivity index is 0.00000320. The second-order valence-corrected chi connectivity index (χ2v) is 7.40. The van der Waals surface area contributed by atoms with Gasteiger partial charge in [-0.15, -0.1) is 10.2 Å². The third-order valence-electron chi connectivity index (χ3n) is 4.93. The number of hydrogen-bond acceptors (Lipinski definition) is 7. The van der Waals surface area contributed by atoms with Crippen molar-refractivity contribution in [3.8, 4) is 17.6 Å². The van der Waals surface area contributed by atoms with Crippen molar-refractivity contribution in [2.75, 3.05) is 7.11 Å². The van der Waals surface area contributed by atoms with Gasteiger partial charge in [-0.1, -0.05) is 13.8 Å². The number of carbonyl (C=O) groups excluding carboxylic acids is 1. The normalized spacial score (nSPS) is 18.7. The molecule has 0 saturated heterocycles. The molecule has 1 aliphatic carbocycles. The maximum Gasteiger partial charge on any atom is 0.273 e. The number of ether oxygens (including phenoxy) is 2. The zero-order chi connectivity index (χ0) is 20.8. The molecule has 0 bridgehead atoms. The lowest BCUT2D eigenvalue weighted by molar-refractivity contribution is 0.0887. The zero-order valence-corrected chi connectivity index (χ0v) is 16.9. The molecule has 1 aromatic heterocycles. The van der Waals surface area contributed by atoms with E-state index < -0.39 is 0 Å². The summed E-state index contributed by atoms with van der Waals surface area (Å²) in [6, 6.07) is 7.37. The van der Waals surface area contributed by atoms with Crippen LogP contribution in [0, 0.1) is 11.3 Å². The van der Waals surface area contributed by atoms with Crippen molar-refractivity contribution >= 4 is 5.91 Å². The lowest BCUT2D eigenvalue weighted by Gasteiger charge is -2.29. The molecule has 8 nitrogen and oxygen atoms in total. The fourth-order valence-corrected chi connectivity index (χ4v) is 3.27. The molecule has 2 aromatic rings. The third kappa shape index (κ3) is 5.19. The van der Waals surface area contributed by atoms with Gasteiger partial charge in [0.25, 0.3) is 5.91 Å². The van der Waals surface area contributed by atoms with Crippen LogP contribution in [0.4, 0.5) is 0 Å². The minimum atomic E-state index is -0.249. The Hall–Kier alpha value is -3.21. The van der Waals surface area contributed by atoms with Crippen LogP contribution in [-0.4, -0.2) is 40.3 Å². The number of benzene rings is 1. The molecule has 1 N–H and O–H groups in total. The van der Waals surface area contributed by atoms with Gasteiger partial charge in [-0.3, -0.25) is 4.79 Å². The van der Waals surface area contributed by atoms with Gasteiger partial charge in [0.05, 0.1) is 25.0 Å². The van der Waals surface area contributed by atoms with E-state index in [1.54, 1.807) is 18.2 Å². The Morgan fingerprint density at radius 1 is 1.28 bits per heavy atom. The SMILES string of the molecule is COc1cc(OC2CCC(NC(=O)c3cnc(C(C)C)nn3)CC2)ccc1C#N.[HH]. The van der Waals surface area contributed by atoms with Gasteiger partial charge < -0.3 is 14.8 Å². The molecule has 3 rings (SSSR count). The molecule has 1 saturated carbocycles. The summed E-state index contributed by atoms with van der Waals surface area (Å²) in [5.41, 5.74) is 0.711. The van der Waals surface area contributed by atoms with E-state index in [-0.39, 0.29) is 31.1 Å². The molecule has 1 aromatic carbocycles. The molecule has 0 aliphatic heterocycles. The van der Waals surface area contributed by atoms with Crippen molar-refractivity contribution in [2.24, 2.45) is 0 Å². The van der Waals surface area contributed by atoms with Crippen LogP contribution in [0.15, 0.2) is 24.4 Å². The van der Waals surface area contributed by atoms with E-state index in [0.29, 0.717) is 22.9 Å². The summed E-state index contributed by atoms with van der Waals surface area (Å²) >= 11 is 0. The lowest BCUT2D eigenvalue weighted by atomic mass is 9.93. The first-order valence-electron chi connectivity index (χ1n) is 9.75. The van der Waals surface area contributed by atoms with Gasteiger partial charge in [0.1, 0.15) is 17.6 Å². The van der Waals surface area contributed by atoms with Crippen molar-refractivity contribution in [3.05, 3.63) is 41.5 Å². The average molecular weight is 397 g/mol. The lowest BCUT2D eigenvalue weighted by Crippen LogP contribution is -2.40. The first-order valence-corrected chi connectivity index (χ1v) is 9.75. The van der Waals surface area contributed by atoms with Crippen LogP contribution in [-0.2, 0) is 0 Å². The van der Waals surface area contributed by atoms with Crippen LogP contribution in [0.5, 0.6) is 11.5 Å². The molecular weight excluding hydrogens is 370 g/mol. The highest BCUT2D eigenvalue weighted by Crippen LogP contribution is 2.28. The Morgan fingerprint density at radius 3 is 2.62 bits per heavy atom. The minimum Gasteiger partial charge on any atom is -0.495 e. The van der Waals surface area contributed by atoms with E-state index >= 15 is 0 Å². The maximum atomic E-state index is 12.4. The van der Waals surface area contributed by atoms with Crippen LogP contribution in [0.1, 0.15) is 68.8 Å². The molecule has 1 heterocycles. The van der Waals surface area contributed by atoms with Gasteiger partial charge in [-0.2, -0.15) is 5.26 Å². The Morgan fingerprint density at radius 2 is 2.03 bits per heavy atom. The summed E-state index contributed by atoms with van der Waals surface area (Å²) in [5, 5.41) is 20.1. The van der Waals surface area contributed by atoms with E-state index in [4.69, 9.17) is 14.7 Å². The summed E-state index contributed by atoms with van der Waals surface area (Å²) in [4.78, 5) is 16.6. The monoisotopic (exact) mass is 397 g/mol. The fraction of sp³-hybridized carbons (Fsp3) is 0.476. The summed E-state index contributed by atoms with van der Waals surface area (Å²) in [7, 11) is 1.53. The van der Waals surface area contributed by atoms with Gasteiger partial charge in [0.2, 0.25) is 0 Å². The number of carbonyl (C=O) groups is 1. The van der Waals surface area contributed by atoms with Crippen molar-refractivity contribution < 1.29 is 15.7 Å². The van der Waals surface area contributed by atoms with E-state index in [9.17, 15) is 4.79 Å². The van der Waals surface area contributed by atoms with Crippen molar-refractivity contribution in [3.63, 3.8) is 0 Å². The number of methoxy groups -OCH3 is 1. The summed E-state index contributed by atoms with van der Waals surface area (Å²) in [6.45, 7) is 3.95. The molecule has 1 fully saturated rings. The zero-order valence-electron chi connectivity index (χ0n) is 16.9. The van der Waals surface area contributed by atoms with Gasteiger partial charge in [0, 0.05) is 19.5 Å². The Kier molecular flexibility index (Phi) is 6.60. The molecule has 0 unspecified atom stereocenters. The first-order chi connectivity index (χ1) is 14.0. The third-order valence-corrected chi connectivity index (χ3v) is 4.93. The molecule has 1 aliphatic rings. The summed E-state index contributed by atoms with van der Waals surface area (Å²) < 4.78 is 11.3. The van der Waals surface area contributed by atoms with Crippen LogP contribution in [0.3, 0.4) is 0 Å². The molecular formula is C21H27N5O3. The molecule has 0 spiro atoms. The molecule has 0 atom stereocenters. The Labute approximate surface area is 171 Å². The van der Waals surface area contributed by atoms with E-state index in [1.165, 1.54) is 13.3 Å². The van der Waals surface area contributed by atoms with Crippen molar-refractivity contribution in [1.82, 2.24) is 20.5 Å². The summed E-state index contributed by atoms with van der Waals surface area (Å²) in [6.07, 6.45) is 4.81. The molecule has 29 heavy (non-hydrogen) atoms. The van der Waals surface area contributed by atoms with Crippen molar-refractivity contribution in [1.29, 1.82) is 5.26 Å². The number of aromatic nitrogens is 3. The maximum absolute atomic E-state index is 12.4. The number of nitriles is 1. The van der Waals surface area contributed by atoms with Gasteiger partial charge in [0.15, 0.2) is 11.5 Å². The number of hydrogen-bond donors (Lipinski definition) is 1. The van der Waals surface area contributed by atoms with Crippen LogP contribution < -0.4 is 14.8 Å². The number of rotatable bonds is 6. The van der Waals surface area contributed by atoms with Gasteiger partial charge >= 0.3 is 0 Å². The number of amides is 1. The standard InChI is InChI=1S/C21H25N5O3.H2/c1-13(2)20-23-12-18(25-26-20)21(27)24-15-5-8-16(9-6-15)29-17-7-4-14(11-22)19(10-17)28-3;/h4,7,10,12-13,15-16H,5-6,8-9H2,1-3H3,(H,24,27);1H. The average Bonchev–Trinajstić information content (AvgIpc) is 2.75. The predicted molar refractivity (Wildman–Crippen MR) is 108 cm³/mol. The second-order valence-electron chi connectivity index (χ2n) is 7.40. The molecule has 1 amide bonds. The first kappa shape index (κ1) is 20.5. The molecule has 8 heteroatoms. The van der Waals surface area contributed by atoms with Crippen LogP contribution in [0.25, 0.3) is 0 Å². The van der Waals surface area contributed by atoms with E-state index in [1.807, 2.05) is 13.8 Å². The second kappa shape index (κ2) is 9.32. The predicted octanol–water partition coefficient (Wildman–Crippen LogP) is 3.24. The smallest absolute Gasteiger partial charge is 0.273 e. The quantitative estimate of drug-likeness (QED) is 0.796. The van der Waals surface area contributed by atoms with Crippen molar-refractivity contribution in [2.45, 2.75) is 57.6 Å². The highest BCUT2D eigenvalue weighted by molar-refractivity contribution is 5.91.